The summed E-state index contributed by atoms with van der Waals surface area (Å²) in [6.07, 6.45) is 3.38. The molecule has 22 heavy (non-hydrogen) atoms. The monoisotopic (exact) mass is 345 g/mol. The van der Waals surface area contributed by atoms with Gasteiger partial charge >= 0.3 is 0 Å². The number of nitrogens with zero attached hydrogens (tertiary/aromatic N) is 1. The van der Waals surface area contributed by atoms with Crippen molar-refractivity contribution in [2.24, 2.45) is 5.73 Å². The largest absolute Gasteiger partial charge is 0.327 e. The number of aryl methyl sites for hydroxylation is 1. The number of nitrogens with one attached hydrogen (secondary N) is 1. The van der Waals surface area contributed by atoms with Crippen molar-refractivity contribution >= 4 is 35.6 Å². The van der Waals surface area contributed by atoms with Crippen molar-refractivity contribution in [3.05, 3.63) is 28.8 Å². The predicted molar refractivity (Wildman–Crippen MR) is 94.9 cm³/mol. The minimum atomic E-state index is -0.0340. The Hall–Kier alpha value is -0.810. The van der Waals surface area contributed by atoms with E-state index in [0.29, 0.717) is 17.3 Å². The van der Waals surface area contributed by atoms with E-state index in [2.05, 4.69) is 10.2 Å². The number of benzene rings is 1. The summed E-state index contributed by atoms with van der Waals surface area (Å²) in [6.45, 7) is 5.29. The number of carbonyl (C=O) groups excluding carboxylic acids is 1. The zero-order valence-corrected chi connectivity index (χ0v) is 14.7. The van der Waals surface area contributed by atoms with Crippen LogP contribution in [-0.4, -0.2) is 36.0 Å². The Balaban J connectivity index is 0.00000242. The number of amides is 1. The summed E-state index contributed by atoms with van der Waals surface area (Å²) in [5.74, 6) is -0.0340. The number of hydrogen-bond acceptors (Lipinski definition) is 3. The maximum absolute atomic E-state index is 12.2. The summed E-state index contributed by atoms with van der Waals surface area (Å²) in [7, 11) is 0. The van der Waals surface area contributed by atoms with Crippen molar-refractivity contribution < 1.29 is 4.79 Å². The smallest absolute Gasteiger partial charge is 0.238 e. The lowest BCUT2D eigenvalue weighted by Crippen LogP contribution is -2.51. The normalized spacial score (nSPS) is 20.1. The lowest BCUT2D eigenvalue weighted by molar-refractivity contribution is -0.118. The van der Waals surface area contributed by atoms with Crippen LogP contribution < -0.4 is 11.1 Å². The second kappa shape index (κ2) is 8.73. The highest BCUT2D eigenvalue weighted by molar-refractivity contribution is 6.33. The molecule has 1 aromatic rings. The Kier molecular flexibility index (Phi) is 7.63. The number of carbonyl (C=O) groups is 1. The first-order valence-electron chi connectivity index (χ1n) is 7.53. The van der Waals surface area contributed by atoms with Crippen molar-refractivity contribution in [3.63, 3.8) is 0 Å². The molecule has 2 atom stereocenters. The SMILES string of the molecule is Cc1ccc(NC(=O)CN2CCCCC2C(C)N)c(Cl)c1.Cl. The molecule has 0 saturated carbocycles. The molecule has 1 aromatic carbocycles. The van der Waals surface area contributed by atoms with E-state index in [-0.39, 0.29) is 30.4 Å². The number of anilines is 1. The maximum atomic E-state index is 12.2. The third-order valence-electron chi connectivity index (χ3n) is 4.02. The number of rotatable bonds is 4. The van der Waals surface area contributed by atoms with Gasteiger partial charge in [0.15, 0.2) is 0 Å². The van der Waals surface area contributed by atoms with Gasteiger partial charge in [-0.25, -0.2) is 0 Å². The minimum absolute atomic E-state index is 0. The molecule has 1 fully saturated rings. The molecule has 4 nitrogen and oxygen atoms in total. The van der Waals surface area contributed by atoms with Gasteiger partial charge in [-0.2, -0.15) is 0 Å². The molecule has 1 amide bonds. The van der Waals surface area contributed by atoms with Crippen LogP contribution >= 0.6 is 24.0 Å². The summed E-state index contributed by atoms with van der Waals surface area (Å²) < 4.78 is 0. The third-order valence-corrected chi connectivity index (χ3v) is 4.33. The average Bonchev–Trinajstić information content (AvgIpc) is 2.42. The predicted octanol–water partition coefficient (Wildman–Crippen LogP) is 3.21. The van der Waals surface area contributed by atoms with Crippen LogP contribution in [0, 0.1) is 6.92 Å². The van der Waals surface area contributed by atoms with Crippen LogP contribution in [-0.2, 0) is 4.79 Å². The molecule has 0 aliphatic carbocycles. The highest BCUT2D eigenvalue weighted by atomic mass is 35.5. The van der Waals surface area contributed by atoms with Crippen LogP contribution in [0.5, 0.6) is 0 Å². The Morgan fingerprint density at radius 1 is 1.50 bits per heavy atom. The molecule has 2 rings (SSSR count). The van der Waals surface area contributed by atoms with Crippen LogP contribution in [0.2, 0.25) is 5.02 Å². The van der Waals surface area contributed by atoms with Crippen LogP contribution in [0.4, 0.5) is 5.69 Å². The van der Waals surface area contributed by atoms with Gasteiger partial charge in [-0.15, -0.1) is 12.4 Å². The molecule has 0 aromatic heterocycles. The summed E-state index contributed by atoms with van der Waals surface area (Å²) in [6, 6.07) is 6.00. The fourth-order valence-corrected chi connectivity index (χ4v) is 3.19. The van der Waals surface area contributed by atoms with E-state index < -0.39 is 0 Å². The first-order valence-corrected chi connectivity index (χ1v) is 7.91. The summed E-state index contributed by atoms with van der Waals surface area (Å²) >= 11 is 6.15. The van der Waals surface area contributed by atoms with Crippen molar-refractivity contribution in [2.45, 2.75) is 45.2 Å². The van der Waals surface area contributed by atoms with Crippen LogP contribution in [0.25, 0.3) is 0 Å². The van der Waals surface area contributed by atoms with Gasteiger partial charge in [0.2, 0.25) is 5.91 Å². The number of halogens is 2. The summed E-state index contributed by atoms with van der Waals surface area (Å²) in [5, 5.41) is 3.47. The maximum Gasteiger partial charge on any atom is 0.238 e. The molecule has 0 spiro atoms. The van der Waals surface area contributed by atoms with Gasteiger partial charge in [0.25, 0.3) is 0 Å². The number of nitrogens with two attached hydrogens (primary N) is 1. The second-order valence-electron chi connectivity index (χ2n) is 5.92. The highest BCUT2D eigenvalue weighted by Gasteiger charge is 2.26. The van der Waals surface area contributed by atoms with Gasteiger partial charge in [0.05, 0.1) is 17.3 Å². The van der Waals surface area contributed by atoms with Gasteiger partial charge < -0.3 is 11.1 Å². The fraction of sp³-hybridized carbons (Fsp3) is 0.562. The van der Waals surface area contributed by atoms with Gasteiger partial charge in [0, 0.05) is 12.1 Å². The van der Waals surface area contributed by atoms with Crippen LogP contribution in [0.3, 0.4) is 0 Å². The molecule has 1 aliphatic rings. The molecule has 1 aliphatic heterocycles. The number of piperidine rings is 1. The van der Waals surface area contributed by atoms with Gasteiger partial charge in [-0.3, -0.25) is 9.69 Å². The molecule has 6 heteroatoms. The van der Waals surface area contributed by atoms with E-state index in [9.17, 15) is 4.79 Å². The first kappa shape index (κ1) is 19.2. The van der Waals surface area contributed by atoms with Crippen molar-refractivity contribution in [1.82, 2.24) is 4.90 Å². The van der Waals surface area contributed by atoms with Gasteiger partial charge in [-0.05, 0) is 50.9 Å². The fourth-order valence-electron chi connectivity index (χ4n) is 2.90. The Morgan fingerprint density at radius 2 is 2.23 bits per heavy atom. The standard InChI is InChI=1S/C16H24ClN3O.ClH/c1-11-6-7-14(13(17)9-11)19-16(21)10-20-8-4-3-5-15(20)12(2)18;/h6-7,9,12,15H,3-5,8,10,18H2,1-2H3,(H,19,21);1H. The Morgan fingerprint density at radius 3 is 2.86 bits per heavy atom. The van der Waals surface area contributed by atoms with Crippen molar-refractivity contribution in [2.75, 3.05) is 18.4 Å². The van der Waals surface area contributed by atoms with E-state index in [1.165, 1.54) is 6.42 Å². The average molecular weight is 346 g/mol. The highest BCUT2D eigenvalue weighted by Crippen LogP contribution is 2.23. The van der Waals surface area contributed by atoms with E-state index >= 15 is 0 Å². The molecular formula is C16H25Cl2N3O. The molecule has 0 radical (unpaired) electrons. The molecule has 3 N–H and O–H groups in total. The van der Waals surface area contributed by atoms with Gasteiger partial charge in [0.1, 0.15) is 0 Å². The lowest BCUT2D eigenvalue weighted by Gasteiger charge is -2.37. The summed E-state index contributed by atoms with van der Waals surface area (Å²) in [5.41, 5.74) is 7.78. The topological polar surface area (TPSA) is 58.4 Å². The number of likely N-dealkylation sites (tertiary alicyclic amines) is 1. The Labute approximate surface area is 143 Å². The zero-order chi connectivity index (χ0) is 15.4. The lowest BCUT2D eigenvalue weighted by atomic mass is 9.97. The summed E-state index contributed by atoms with van der Waals surface area (Å²) in [4.78, 5) is 14.4. The molecule has 1 heterocycles. The van der Waals surface area contributed by atoms with E-state index in [1.54, 1.807) is 0 Å². The molecule has 124 valence electrons. The quantitative estimate of drug-likeness (QED) is 0.880. The van der Waals surface area contributed by atoms with E-state index in [4.69, 9.17) is 17.3 Å². The van der Waals surface area contributed by atoms with Crippen LogP contribution in [0.1, 0.15) is 31.7 Å². The zero-order valence-electron chi connectivity index (χ0n) is 13.1. The van der Waals surface area contributed by atoms with E-state index in [0.717, 1.165) is 24.9 Å². The molecule has 1 saturated heterocycles. The molecular weight excluding hydrogens is 321 g/mol. The third kappa shape index (κ3) is 5.13. The Bertz CT molecular complexity index is 508. The van der Waals surface area contributed by atoms with Gasteiger partial charge in [-0.1, -0.05) is 24.1 Å². The van der Waals surface area contributed by atoms with Crippen molar-refractivity contribution in [1.29, 1.82) is 0 Å². The molecule has 0 bridgehead atoms. The second-order valence-corrected chi connectivity index (χ2v) is 6.33. The minimum Gasteiger partial charge on any atom is -0.327 e. The van der Waals surface area contributed by atoms with Crippen molar-refractivity contribution in [3.8, 4) is 0 Å². The first-order chi connectivity index (χ1) is 9.97. The van der Waals surface area contributed by atoms with Crippen LogP contribution in [0.15, 0.2) is 18.2 Å². The number of hydrogen-bond donors (Lipinski definition) is 2. The molecule has 2 unspecified atom stereocenters. The van der Waals surface area contributed by atoms with E-state index in [1.807, 2.05) is 32.0 Å².